The molecule has 1 aliphatic rings. The number of fused-ring (bicyclic) bond motifs is 1. The van der Waals surface area contributed by atoms with Crippen LogP contribution in [0.15, 0.2) is 48.5 Å². The highest BCUT2D eigenvalue weighted by molar-refractivity contribution is 6.04. The molecule has 3 aromatic rings. The molecular weight excluding hydrogens is 420 g/mol. The Hall–Kier alpha value is -3.74. The minimum atomic E-state index is -0.359. The molecule has 4 rings (SSSR count). The number of carbonyl (C=O) groups excluding carboxylic acids is 2. The number of amides is 2. The van der Waals surface area contributed by atoms with Crippen molar-refractivity contribution in [3.05, 3.63) is 59.7 Å². The lowest BCUT2D eigenvalue weighted by Crippen LogP contribution is -2.50. The first-order valence-corrected chi connectivity index (χ1v) is 10.8. The number of rotatable bonds is 4. The number of carbonyl (C=O) groups is 2. The molecule has 0 aliphatic carbocycles. The lowest BCUT2D eigenvalue weighted by atomic mass is 9.94. The van der Waals surface area contributed by atoms with E-state index in [-0.39, 0.29) is 12.0 Å². The SMILES string of the molecule is COC(=O)N1CCN(C(=O)c2ccc3c(-c4c(OC)cc(C)cc4OC)cccc3c2)CC1. The predicted octanol–water partition coefficient (Wildman–Crippen LogP) is 4.36. The van der Waals surface area contributed by atoms with Gasteiger partial charge in [0.2, 0.25) is 0 Å². The van der Waals surface area contributed by atoms with Crippen LogP contribution in [-0.4, -0.2) is 69.3 Å². The second-order valence-corrected chi connectivity index (χ2v) is 8.04. The predicted molar refractivity (Wildman–Crippen MR) is 127 cm³/mol. The first-order chi connectivity index (χ1) is 16.0. The highest BCUT2D eigenvalue weighted by Crippen LogP contribution is 2.42. The molecule has 7 heteroatoms. The third-order valence-corrected chi connectivity index (χ3v) is 6.05. The molecule has 0 bridgehead atoms. The van der Waals surface area contributed by atoms with Crippen LogP contribution in [0.25, 0.3) is 21.9 Å². The highest BCUT2D eigenvalue weighted by Gasteiger charge is 2.25. The molecular formula is C26H28N2O5. The Balaban J connectivity index is 1.67. The van der Waals surface area contributed by atoms with Crippen molar-refractivity contribution in [3.63, 3.8) is 0 Å². The van der Waals surface area contributed by atoms with E-state index < -0.39 is 0 Å². The van der Waals surface area contributed by atoms with E-state index in [1.54, 1.807) is 24.0 Å². The van der Waals surface area contributed by atoms with E-state index in [1.807, 2.05) is 55.5 Å². The molecule has 1 aliphatic heterocycles. The second kappa shape index (κ2) is 9.40. The maximum absolute atomic E-state index is 13.1. The Labute approximate surface area is 193 Å². The first-order valence-electron chi connectivity index (χ1n) is 10.8. The summed E-state index contributed by atoms with van der Waals surface area (Å²) in [4.78, 5) is 28.2. The molecule has 1 saturated heterocycles. The van der Waals surface area contributed by atoms with Crippen molar-refractivity contribution in [2.45, 2.75) is 6.92 Å². The third-order valence-electron chi connectivity index (χ3n) is 6.05. The van der Waals surface area contributed by atoms with E-state index in [2.05, 4.69) is 0 Å². The van der Waals surface area contributed by atoms with Gasteiger partial charge in [-0.25, -0.2) is 4.79 Å². The zero-order chi connectivity index (χ0) is 23.5. The first kappa shape index (κ1) is 22.5. The van der Waals surface area contributed by atoms with Crippen LogP contribution < -0.4 is 9.47 Å². The average molecular weight is 449 g/mol. The van der Waals surface area contributed by atoms with Crippen LogP contribution in [0.2, 0.25) is 0 Å². The Morgan fingerprint density at radius 2 is 1.45 bits per heavy atom. The summed E-state index contributed by atoms with van der Waals surface area (Å²) in [5, 5.41) is 1.96. The van der Waals surface area contributed by atoms with Gasteiger partial charge >= 0.3 is 6.09 Å². The van der Waals surface area contributed by atoms with Gasteiger partial charge < -0.3 is 24.0 Å². The van der Waals surface area contributed by atoms with E-state index in [4.69, 9.17) is 14.2 Å². The fourth-order valence-electron chi connectivity index (χ4n) is 4.35. The Kier molecular flexibility index (Phi) is 6.40. The number of hydrogen-bond donors (Lipinski definition) is 0. The Morgan fingerprint density at radius 3 is 2.06 bits per heavy atom. The van der Waals surface area contributed by atoms with Crippen molar-refractivity contribution in [2.24, 2.45) is 0 Å². The fourth-order valence-corrected chi connectivity index (χ4v) is 4.35. The highest BCUT2D eigenvalue weighted by atomic mass is 16.5. The number of aryl methyl sites for hydroxylation is 1. The number of nitrogens with zero attached hydrogens (tertiary/aromatic N) is 2. The zero-order valence-corrected chi connectivity index (χ0v) is 19.4. The molecule has 1 heterocycles. The summed E-state index contributed by atoms with van der Waals surface area (Å²) in [5.74, 6) is 1.43. The van der Waals surface area contributed by atoms with Gasteiger partial charge in [0.25, 0.3) is 5.91 Å². The normalized spacial score (nSPS) is 13.7. The number of benzene rings is 3. The van der Waals surface area contributed by atoms with Gasteiger partial charge in [-0.1, -0.05) is 24.3 Å². The summed E-state index contributed by atoms with van der Waals surface area (Å²) in [5.41, 5.74) is 3.53. The molecule has 0 N–H and O–H groups in total. The third kappa shape index (κ3) is 4.31. The van der Waals surface area contributed by atoms with Crippen molar-refractivity contribution in [1.82, 2.24) is 9.80 Å². The molecule has 7 nitrogen and oxygen atoms in total. The van der Waals surface area contributed by atoms with E-state index in [0.717, 1.165) is 39.0 Å². The molecule has 3 aromatic carbocycles. The summed E-state index contributed by atoms with van der Waals surface area (Å²) >= 11 is 0. The van der Waals surface area contributed by atoms with E-state index >= 15 is 0 Å². The van der Waals surface area contributed by atoms with Gasteiger partial charge in [0.15, 0.2) is 0 Å². The van der Waals surface area contributed by atoms with Crippen LogP contribution in [0.4, 0.5) is 4.79 Å². The van der Waals surface area contributed by atoms with Gasteiger partial charge in [-0.15, -0.1) is 0 Å². The van der Waals surface area contributed by atoms with Gasteiger partial charge in [-0.3, -0.25) is 4.79 Å². The van der Waals surface area contributed by atoms with Crippen LogP contribution in [-0.2, 0) is 4.74 Å². The van der Waals surface area contributed by atoms with Crippen molar-refractivity contribution < 1.29 is 23.8 Å². The molecule has 0 aromatic heterocycles. The molecule has 2 amide bonds. The minimum Gasteiger partial charge on any atom is -0.496 e. The zero-order valence-electron chi connectivity index (χ0n) is 19.4. The van der Waals surface area contributed by atoms with Crippen molar-refractivity contribution in [1.29, 1.82) is 0 Å². The van der Waals surface area contributed by atoms with Crippen LogP contribution in [0.1, 0.15) is 15.9 Å². The molecule has 0 spiro atoms. The van der Waals surface area contributed by atoms with Gasteiger partial charge in [0.1, 0.15) is 11.5 Å². The fraction of sp³-hybridized carbons (Fsp3) is 0.308. The Morgan fingerprint density at radius 1 is 0.818 bits per heavy atom. The van der Waals surface area contributed by atoms with Crippen LogP contribution in [0, 0.1) is 6.92 Å². The monoisotopic (exact) mass is 448 g/mol. The quantitative estimate of drug-likeness (QED) is 0.593. The maximum Gasteiger partial charge on any atom is 0.409 e. The molecule has 1 fully saturated rings. The van der Waals surface area contributed by atoms with E-state index in [0.29, 0.717) is 31.7 Å². The van der Waals surface area contributed by atoms with Gasteiger partial charge in [0, 0.05) is 31.7 Å². The number of hydrogen-bond acceptors (Lipinski definition) is 5. The van der Waals surface area contributed by atoms with E-state index in [9.17, 15) is 9.59 Å². The lowest BCUT2D eigenvalue weighted by Gasteiger charge is -2.33. The van der Waals surface area contributed by atoms with Crippen molar-refractivity contribution in [3.8, 4) is 22.6 Å². The molecule has 172 valence electrons. The summed E-state index contributed by atoms with van der Waals surface area (Å²) in [6, 6.07) is 15.7. The lowest BCUT2D eigenvalue weighted by molar-refractivity contribution is 0.0600. The molecule has 33 heavy (non-hydrogen) atoms. The molecule has 0 saturated carbocycles. The standard InChI is InChI=1S/C26H28N2O5/c1-17-14-22(31-2)24(23(15-17)32-3)21-7-5-6-18-16-19(8-9-20(18)21)25(29)27-10-12-28(13-11-27)26(30)33-4/h5-9,14-16H,10-13H2,1-4H3. The Bertz CT molecular complexity index is 1170. The molecule has 0 radical (unpaired) electrons. The van der Waals surface area contributed by atoms with E-state index in [1.165, 1.54) is 7.11 Å². The van der Waals surface area contributed by atoms with Gasteiger partial charge in [-0.05, 0) is 53.1 Å². The average Bonchev–Trinajstić information content (AvgIpc) is 2.86. The number of piperazine rings is 1. The molecule has 0 unspecified atom stereocenters. The maximum atomic E-state index is 13.1. The van der Waals surface area contributed by atoms with Crippen LogP contribution >= 0.6 is 0 Å². The van der Waals surface area contributed by atoms with Crippen LogP contribution in [0.3, 0.4) is 0 Å². The van der Waals surface area contributed by atoms with Gasteiger partial charge in [0.05, 0.1) is 26.9 Å². The van der Waals surface area contributed by atoms with Crippen molar-refractivity contribution >= 4 is 22.8 Å². The second-order valence-electron chi connectivity index (χ2n) is 8.04. The van der Waals surface area contributed by atoms with Crippen LogP contribution in [0.5, 0.6) is 11.5 Å². The summed E-state index contributed by atoms with van der Waals surface area (Å²) in [6.07, 6.45) is -0.359. The largest absolute Gasteiger partial charge is 0.496 e. The summed E-state index contributed by atoms with van der Waals surface area (Å²) < 4.78 is 16.1. The van der Waals surface area contributed by atoms with Crippen molar-refractivity contribution in [2.75, 3.05) is 47.5 Å². The smallest absolute Gasteiger partial charge is 0.409 e. The number of ether oxygens (including phenoxy) is 3. The molecule has 0 atom stereocenters. The topological polar surface area (TPSA) is 68.3 Å². The summed E-state index contributed by atoms with van der Waals surface area (Å²) in [7, 11) is 4.67. The van der Waals surface area contributed by atoms with Gasteiger partial charge in [-0.2, -0.15) is 0 Å². The minimum absolute atomic E-state index is 0.0442. The number of methoxy groups -OCH3 is 3. The summed E-state index contributed by atoms with van der Waals surface area (Å²) in [6.45, 7) is 3.88.